The zero-order chi connectivity index (χ0) is 51.0. The fourth-order valence-electron chi connectivity index (χ4n) is 10.1. The van der Waals surface area contributed by atoms with Crippen molar-refractivity contribution in [3.63, 3.8) is 0 Å². The lowest BCUT2D eigenvalue weighted by atomic mass is 9.97. The van der Waals surface area contributed by atoms with Crippen LogP contribution >= 0.6 is 0 Å². The molecule has 2 heterocycles. The molecule has 14 nitrogen and oxygen atoms in total. The monoisotopic (exact) mass is 1000 g/mol. The third kappa shape index (κ3) is 29.2. The molecular weight excluding hydrogens is 895 g/mol. The first kappa shape index (κ1) is 65.1. The second kappa shape index (κ2) is 43.3. The Labute approximate surface area is 425 Å². The summed E-state index contributed by atoms with van der Waals surface area (Å²) in [6.45, 7) is 2.83. The minimum atomic E-state index is -1.78. The van der Waals surface area contributed by atoms with Crippen molar-refractivity contribution in [1.82, 2.24) is 5.32 Å². The van der Waals surface area contributed by atoms with Gasteiger partial charge in [-0.05, 0) is 12.8 Å². The lowest BCUT2D eigenvalue weighted by Gasteiger charge is -2.46. The normalized spacial score (nSPS) is 25.9. The van der Waals surface area contributed by atoms with Crippen LogP contribution in [0.25, 0.3) is 0 Å². The quantitative estimate of drug-likeness (QED) is 0.0259. The molecule has 0 aromatic carbocycles. The van der Waals surface area contributed by atoms with Crippen LogP contribution in [0.2, 0.25) is 0 Å². The van der Waals surface area contributed by atoms with Crippen LogP contribution < -0.4 is 5.32 Å². The summed E-state index contributed by atoms with van der Waals surface area (Å²) in [6.07, 6.45) is 30.2. The van der Waals surface area contributed by atoms with E-state index in [4.69, 9.17) is 18.9 Å². The van der Waals surface area contributed by atoms with E-state index in [1.165, 1.54) is 180 Å². The number of aliphatic hydroxyl groups excluding tert-OH is 8. The summed E-state index contributed by atoms with van der Waals surface area (Å²) >= 11 is 0. The van der Waals surface area contributed by atoms with Gasteiger partial charge in [-0.3, -0.25) is 4.79 Å². The maximum Gasteiger partial charge on any atom is 0.220 e. The van der Waals surface area contributed by atoms with Gasteiger partial charge in [0.2, 0.25) is 5.91 Å². The van der Waals surface area contributed by atoms with E-state index < -0.39 is 86.8 Å². The molecule has 70 heavy (non-hydrogen) atoms. The predicted octanol–water partition coefficient (Wildman–Crippen LogP) is 9.34. The van der Waals surface area contributed by atoms with Gasteiger partial charge < -0.3 is 65.1 Å². The molecule has 0 bridgehead atoms. The molecule has 2 rings (SSSR count). The zero-order valence-electron chi connectivity index (χ0n) is 44.5. The Morgan fingerprint density at radius 1 is 0.457 bits per heavy atom. The number of hydrogen-bond donors (Lipinski definition) is 9. The Balaban J connectivity index is 1.61. The van der Waals surface area contributed by atoms with Gasteiger partial charge in [-0.2, -0.15) is 0 Å². The molecular formula is C56H109NO13. The third-order valence-electron chi connectivity index (χ3n) is 14.8. The first-order valence-electron chi connectivity index (χ1n) is 29.3. The standard InChI is InChI=1S/C56H109NO13/c1-3-5-7-9-11-12-13-14-15-16-17-18-19-20-21-22-23-24-25-26-27-28-29-30-31-32-34-35-37-39-45(60)44(57-48(61)40-38-36-33-10-8-6-4-2)43-67-55-53(66)51(64)54(47(42-59)69-55)70-56-52(65)50(63)49(62)46(41-58)68-56/h44-47,49-56,58-60,62-66H,3-43H2,1-2H3,(H,57,61). The molecule has 0 aromatic rings. The second-order valence-electron chi connectivity index (χ2n) is 21.1. The largest absolute Gasteiger partial charge is 0.394 e. The minimum Gasteiger partial charge on any atom is -0.394 e. The SMILES string of the molecule is CCCCCCCCCCCCCCCCCCCCCCCCCCCCCCCC(O)C(COC1OC(CO)C(OC2OC(CO)C(O)C(O)C2O)C(O)C1O)NC(=O)CCCCCCCCC. The summed E-state index contributed by atoms with van der Waals surface area (Å²) in [7, 11) is 0. The van der Waals surface area contributed by atoms with E-state index in [0.717, 1.165) is 51.4 Å². The highest BCUT2D eigenvalue weighted by Gasteiger charge is 2.51. The number of amides is 1. The molecule has 0 aliphatic carbocycles. The van der Waals surface area contributed by atoms with Gasteiger partial charge in [0, 0.05) is 6.42 Å². The number of hydrogen-bond acceptors (Lipinski definition) is 13. The van der Waals surface area contributed by atoms with E-state index in [9.17, 15) is 45.6 Å². The van der Waals surface area contributed by atoms with Crippen LogP contribution in [-0.4, -0.2) is 140 Å². The van der Waals surface area contributed by atoms with Gasteiger partial charge in [0.25, 0.3) is 0 Å². The van der Waals surface area contributed by atoms with Crippen LogP contribution in [0.15, 0.2) is 0 Å². The maximum atomic E-state index is 13.1. The van der Waals surface area contributed by atoms with Crippen molar-refractivity contribution in [2.45, 2.75) is 331 Å². The number of rotatable bonds is 47. The number of nitrogens with one attached hydrogen (secondary N) is 1. The minimum absolute atomic E-state index is 0.210. The average molecular weight is 1000 g/mol. The highest BCUT2D eigenvalue weighted by molar-refractivity contribution is 5.76. The summed E-state index contributed by atoms with van der Waals surface area (Å²) in [4.78, 5) is 13.1. The average Bonchev–Trinajstić information content (AvgIpc) is 3.36. The molecule has 1 amide bonds. The maximum absolute atomic E-state index is 13.1. The molecule has 2 saturated heterocycles. The Morgan fingerprint density at radius 2 is 0.814 bits per heavy atom. The van der Waals surface area contributed by atoms with Gasteiger partial charge in [0.15, 0.2) is 12.6 Å². The van der Waals surface area contributed by atoms with Crippen molar-refractivity contribution < 1.29 is 64.6 Å². The Bertz CT molecular complexity index is 1180. The summed E-state index contributed by atoms with van der Waals surface area (Å²) in [5.74, 6) is -0.210. The zero-order valence-corrected chi connectivity index (χ0v) is 44.5. The first-order chi connectivity index (χ1) is 34.1. The van der Waals surface area contributed by atoms with Crippen LogP contribution in [-0.2, 0) is 23.7 Å². The smallest absolute Gasteiger partial charge is 0.220 e. The lowest BCUT2D eigenvalue weighted by molar-refractivity contribution is -0.359. The first-order valence-corrected chi connectivity index (χ1v) is 29.3. The number of aliphatic hydroxyl groups is 8. The summed E-state index contributed by atoms with van der Waals surface area (Å²) in [5.41, 5.74) is 0. The van der Waals surface area contributed by atoms with Gasteiger partial charge in [-0.25, -0.2) is 0 Å². The van der Waals surface area contributed by atoms with E-state index in [1.54, 1.807) is 0 Å². The molecule has 0 saturated carbocycles. The Hall–Kier alpha value is -1.01. The van der Waals surface area contributed by atoms with Crippen LogP contribution in [0.3, 0.4) is 0 Å². The highest BCUT2D eigenvalue weighted by Crippen LogP contribution is 2.30. The van der Waals surface area contributed by atoms with E-state index in [-0.39, 0.29) is 12.5 Å². The van der Waals surface area contributed by atoms with Crippen LogP contribution in [0, 0.1) is 0 Å². The van der Waals surface area contributed by atoms with Gasteiger partial charge in [-0.1, -0.05) is 239 Å². The van der Waals surface area contributed by atoms with E-state index in [0.29, 0.717) is 12.8 Å². The summed E-state index contributed by atoms with van der Waals surface area (Å²) < 4.78 is 22.7. The van der Waals surface area contributed by atoms with Gasteiger partial charge in [0.1, 0.15) is 48.8 Å². The summed E-state index contributed by atoms with van der Waals surface area (Å²) in [5, 5.41) is 86.8. The van der Waals surface area contributed by atoms with Gasteiger partial charge in [0.05, 0.1) is 32.0 Å². The van der Waals surface area contributed by atoms with Gasteiger partial charge in [-0.15, -0.1) is 0 Å². The number of ether oxygens (including phenoxy) is 4. The van der Waals surface area contributed by atoms with Crippen molar-refractivity contribution in [3.05, 3.63) is 0 Å². The molecule has 14 heteroatoms. The molecule has 9 N–H and O–H groups in total. The van der Waals surface area contributed by atoms with E-state index in [2.05, 4.69) is 19.2 Å². The molecule has 0 spiro atoms. The second-order valence-corrected chi connectivity index (χ2v) is 21.1. The van der Waals surface area contributed by atoms with Crippen LogP contribution in [0.1, 0.15) is 258 Å². The summed E-state index contributed by atoms with van der Waals surface area (Å²) in [6, 6.07) is -0.820. The number of carbonyl (C=O) groups excluding carboxylic acids is 1. The molecule has 0 radical (unpaired) electrons. The fourth-order valence-corrected chi connectivity index (χ4v) is 10.1. The van der Waals surface area contributed by atoms with Crippen molar-refractivity contribution in [3.8, 4) is 0 Å². The third-order valence-corrected chi connectivity index (χ3v) is 14.8. The van der Waals surface area contributed by atoms with E-state index in [1.807, 2.05) is 0 Å². The van der Waals surface area contributed by atoms with Crippen LogP contribution in [0.4, 0.5) is 0 Å². The fraction of sp³-hybridized carbons (Fsp3) is 0.982. The Kier molecular flexibility index (Phi) is 40.2. The lowest BCUT2D eigenvalue weighted by Crippen LogP contribution is -2.65. The van der Waals surface area contributed by atoms with Crippen molar-refractivity contribution >= 4 is 5.91 Å². The topological polar surface area (TPSA) is 228 Å². The highest BCUT2D eigenvalue weighted by atomic mass is 16.7. The molecule has 12 unspecified atom stereocenters. The predicted molar refractivity (Wildman–Crippen MR) is 277 cm³/mol. The molecule has 416 valence electrons. The molecule has 0 aromatic heterocycles. The van der Waals surface area contributed by atoms with Crippen molar-refractivity contribution in [1.29, 1.82) is 0 Å². The van der Waals surface area contributed by atoms with E-state index >= 15 is 0 Å². The van der Waals surface area contributed by atoms with Crippen molar-refractivity contribution in [2.24, 2.45) is 0 Å². The molecule has 2 fully saturated rings. The molecule has 12 atom stereocenters. The van der Waals surface area contributed by atoms with Crippen molar-refractivity contribution in [2.75, 3.05) is 19.8 Å². The number of carbonyl (C=O) groups is 1. The molecule has 2 aliphatic heterocycles. The Morgan fingerprint density at radius 3 is 1.21 bits per heavy atom. The number of unbranched alkanes of at least 4 members (excludes halogenated alkanes) is 34. The molecule has 2 aliphatic rings. The van der Waals surface area contributed by atoms with Crippen LogP contribution in [0.5, 0.6) is 0 Å². The van der Waals surface area contributed by atoms with Gasteiger partial charge >= 0.3 is 0 Å².